The molecule has 0 fully saturated rings. The normalized spacial score (nSPS) is 14.3. The molecule has 1 aromatic carbocycles. The molecule has 0 amide bonds. The number of fused-ring (bicyclic) bond motifs is 1. The van der Waals surface area contributed by atoms with E-state index in [9.17, 15) is 4.79 Å². The molecule has 104 valence electrons. The summed E-state index contributed by atoms with van der Waals surface area (Å²) in [5.41, 5.74) is 2.61. The zero-order chi connectivity index (χ0) is 13.9. The van der Waals surface area contributed by atoms with E-state index >= 15 is 0 Å². The average Bonchev–Trinajstić information content (AvgIpc) is 2.73. The third-order valence-corrected chi connectivity index (χ3v) is 4.06. The number of esters is 1. The Morgan fingerprint density at radius 1 is 1.26 bits per heavy atom. The van der Waals surface area contributed by atoms with Crippen molar-refractivity contribution in [2.45, 2.75) is 57.0 Å². The second kappa shape index (κ2) is 6.00. The van der Waals surface area contributed by atoms with Gasteiger partial charge in [-0.25, -0.2) is 0 Å². The van der Waals surface area contributed by atoms with E-state index in [-0.39, 0.29) is 11.6 Å². The Balaban J connectivity index is 1.78. The highest BCUT2D eigenvalue weighted by atomic mass is 32.2. The summed E-state index contributed by atoms with van der Waals surface area (Å²) in [4.78, 5) is 12.9. The minimum atomic E-state index is -0.380. The van der Waals surface area contributed by atoms with E-state index in [2.05, 4.69) is 18.2 Å². The first-order valence-electron chi connectivity index (χ1n) is 6.90. The van der Waals surface area contributed by atoms with Crippen LogP contribution >= 0.6 is 11.8 Å². The first-order chi connectivity index (χ1) is 8.94. The first kappa shape index (κ1) is 14.4. The molecule has 0 aliphatic heterocycles. The number of rotatable bonds is 4. The van der Waals surface area contributed by atoms with Crippen molar-refractivity contribution in [1.29, 1.82) is 0 Å². The smallest absolute Gasteiger partial charge is 0.307 e. The summed E-state index contributed by atoms with van der Waals surface area (Å²) in [6, 6.07) is 6.68. The van der Waals surface area contributed by atoms with Gasteiger partial charge < -0.3 is 4.74 Å². The molecule has 2 rings (SSSR count). The number of thioether (sulfide) groups is 1. The molecular formula is C16H22O2S. The Morgan fingerprint density at radius 3 is 2.74 bits per heavy atom. The molecule has 0 spiro atoms. The fourth-order valence-electron chi connectivity index (χ4n) is 2.28. The van der Waals surface area contributed by atoms with E-state index in [0.29, 0.717) is 6.42 Å². The maximum Gasteiger partial charge on any atom is 0.307 e. The molecule has 1 aromatic rings. The molecule has 0 N–H and O–H groups in total. The average molecular weight is 278 g/mol. The van der Waals surface area contributed by atoms with Crippen molar-refractivity contribution in [1.82, 2.24) is 0 Å². The molecule has 19 heavy (non-hydrogen) atoms. The maximum absolute atomic E-state index is 11.6. The van der Waals surface area contributed by atoms with E-state index in [1.807, 2.05) is 20.8 Å². The van der Waals surface area contributed by atoms with Gasteiger partial charge in [-0.3, -0.25) is 4.79 Å². The number of aryl methyl sites for hydroxylation is 2. The number of benzene rings is 1. The predicted molar refractivity (Wildman–Crippen MR) is 79.7 cm³/mol. The predicted octanol–water partition coefficient (Wildman–Crippen LogP) is 4.00. The summed E-state index contributed by atoms with van der Waals surface area (Å²) in [6.45, 7) is 5.70. The lowest BCUT2D eigenvalue weighted by Gasteiger charge is -2.19. The molecule has 1 aliphatic rings. The van der Waals surface area contributed by atoms with Gasteiger partial charge in [-0.1, -0.05) is 6.07 Å². The molecule has 0 heterocycles. The molecular weight excluding hydrogens is 256 g/mol. The van der Waals surface area contributed by atoms with Crippen LogP contribution in [0.25, 0.3) is 0 Å². The minimum Gasteiger partial charge on any atom is -0.460 e. The van der Waals surface area contributed by atoms with Crippen LogP contribution in [-0.4, -0.2) is 17.3 Å². The van der Waals surface area contributed by atoms with Gasteiger partial charge in [0.05, 0.1) is 6.42 Å². The van der Waals surface area contributed by atoms with E-state index in [4.69, 9.17) is 4.74 Å². The molecule has 1 aliphatic carbocycles. The van der Waals surface area contributed by atoms with Crippen LogP contribution in [0.3, 0.4) is 0 Å². The van der Waals surface area contributed by atoms with Gasteiger partial charge in [-0.15, -0.1) is 11.8 Å². The van der Waals surface area contributed by atoms with E-state index < -0.39 is 0 Å². The molecule has 0 radical (unpaired) electrons. The van der Waals surface area contributed by atoms with Gasteiger partial charge in [0.15, 0.2) is 0 Å². The van der Waals surface area contributed by atoms with Crippen LogP contribution in [0.2, 0.25) is 0 Å². The Bertz CT molecular complexity index is 460. The number of carbonyl (C=O) groups excluding carboxylic acids is 1. The Hall–Kier alpha value is -0.960. The standard InChI is InChI=1S/C16H22O2S/c1-16(2,3)18-15(17)9-10-19-14-8-7-12-5-4-6-13(12)11-14/h7-8,11H,4-6,9-10H2,1-3H3. The SMILES string of the molecule is CC(C)(C)OC(=O)CCSc1ccc2c(c1)CCC2. The van der Waals surface area contributed by atoms with Crippen LogP contribution < -0.4 is 0 Å². The van der Waals surface area contributed by atoms with Gasteiger partial charge in [-0.05, 0) is 63.3 Å². The van der Waals surface area contributed by atoms with Crippen molar-refractivity contribution in [2.75, 3.05) is 5.75 Å². The van der Waals surface area contributed by atoms with Gasteiger partial charge in [0, 0.05) is 10.6 Å². The summed E-state index contributed by atoms with van der Waals surface area (Å²) < 4.78 is 5.30. The molecule has 0 bridgehead atoms. The van der Waals surface area contributed by atoms with Crippen LogP contribution in [0.15, 0.2) is 23.1 Å². The molecule has 0 saturated heterocycles. The summed E-state index contributed by atoms with van der Waals surface area (Å²) in [6.07, 6.45) is 4.17. The van der Waals surface area contributed by atoms with E-state index in [1.165, 1.54) is 35.3 Å². The molecule has 0 atom stereocenters. The van der Waals surface area contributed by atoms with Crippen molar-refractivity contribution in [3.63, 3.8) is 0 Å². The second-order valence-electron chi connectivity index (χ2n) is 5.97. The van der Waals surface area contributed by atoms with E-state index in [1.54, 1.807) is 11.8 Å². The van der Waals surface area contributed by atoms with Crippen LogP contribution in [0.5, 0.6) is 0 Å². The van der Waals surface area contributed by atoms with E-state index in [0.717, 1.165) is 5.75 Å². The number of hydrogen-bond acceptors (Lipinski definition) is 3. The van der Waals surface area contributed by atoms with Crippen molar-refractivity contribution in [2.24, 2.45) is 0 Å². The highest BCUT2D eigenvalue weighted by molar-refractivity contribution is 7.99. The minimum absolute atomic E-state index is 0.110. The lowest BCUT2D eigenvalue weighted by molar-refractivity contribution is -0.154. The van der Waals surface area contributed by atoms with Crippen LogP contribution in [0, 0.1) is 0 Å². The Morgan fingerprint density at radius 2 is 2.00 bits per heavy atom. The van der Waals surface area contributed by atoms with Crippen molar-refractivity contribution in [3.05, 3.63) is 29.3 Å². The van der Waals surface area contributed by atoms with Gasteiger partial charge in [0.1, 0.15) is 5.60 Å². The van der Waals surface area contributed by atoms with Gasteiger partial charge in [-0.2, -0.15) is 0 Å². The monoisotopic (exact) mass is 278 g/mol. The fraction of sp³-hybridized carbons (Fsp3) is 0.562. The van der Waals surface area contributed by atoms with Gasteiger partial charge in [0.2, 0.25) is 0 Å². The zero-order valence-corrected chi connectivity index (χ0v) is 12.8. The summed E-state index contributed by atoms with van der Waals surface area (Å²) in [7, 11) is 0. The summed E-state index contributed by atoms with van der Waals surface area (Å²) in [5, 5.41) is 0. The lowest BCUT2D eigenvalue weighted by Crippen LogP contribution is -2.23. The maximum atomic E-state index is 11.6. The number of ether oxygens (including phenoxy) is 1. The van der Waals surface area contributed by atoms with Crippen molar-refractivity contribution >= 4 is 17.7 Å². The fourth-order valence-corrected chi connectivity index (χ4v) is 3.18. The van der Waals surface area contributed by atoms with Crippen LogP contribution in [-0.2, 0) is 22.4 Å². The number of hydrogen-bond donors (Lipinski definition) is 0. The second-order valence-corrected chi connectivity index (χ2v) is 7.14. The largest absolute Gasteiger partial charge is 0.460 e. The van der Waals surface area contributed by atoms with Crippen molar-refractivity contribution < 1.29 is 9.53 Å². The van der Waals surface area contributed by atoms with Crippen LogP contribution in [0.1, 0.15) is 44.7 Å². The summed E-state index contributed by atoms with van der Waals surface area (Å²) in [5.74, 6) is 0.675. The van der Waals surface area contributed by atoms with Crippen molar-refractivity contribution in [3.8, 4) is 0 Å². The number of carbonyl (C=O) groups is 1. The third kappa shape index (κ3) is 4.57. The third-order valence-electron chi connectivity index (χ3n) is 3.06. The van der Waals surface area contributed by atoms with Gasteiger partial charge >= 0.3 is 5.97 Å². The molecule has 0 unspecified atom stereocenters. The summed E-state index contributed by atoms with van der Waals surface area (Å²) >= 11 is 1.74. The highest BCUT2D eigenvalue weighted by Gasteiger charge is 2.16. The molecule has 2 nitrogen and oxygen atoms in total. The van der Waals surface area contributed by atoms with Crippen LogP contribution in [0.4, 0.5) is 0 Å². The Labute approximate surface area is 119 Å². The molecule has 0 aromatic heterocycles. The topological polar surface area (TPSA) is 26.3 Å². The Kier molecular flexibility index (Phi) is 4.56. The molecule has 0 saturated carbocycles. The first-order valence-corrected chi connectivity index (χ1v) is 7.89. The van der Waals surface area contributed by atoms with Gasteiger partial charge in [0.25, 0.3) is 0 Å². The zero-order valence-electron chi connectivity index (χ0n) is 12.0. The quantitative estimate of drug-likeness (QED) is 0.615. The highest BCUT2D eigenvalue weighted by Crippen LogP contribution is 2.28. The molecule has 3 heteroatoms. The lowest BCUT2D eigenvalue weighted by atomic mass is 10.1.